The third kappa shape index (κ3) is 3.05. The highest BCUT2D eigenvalue weighted by Gasteiger charge is 2.19. The highest BCUT2D eigenvalue weighted by molar-refractivity contribution is 6.03. The molecule has 2 aromatic rings. The molecule has 1 aromatic carbocycles. The number of nitrogens with one attached hydrogen (secondary N) is 2. The van der Waals surface area contributed by atoms with Crippen molar-refractivity contribution in [3.05, 3.63) is 36.0 Å². The molecule has 5 heteroatoms. The summed E-state index contributed by atoms with van der Waals surface area (Å²) in [6.07, 6.45) is 1.12. The van der Waals surface area contributed by atoms with Gasteiger partial charge in [0.05, 0.1) is 23.8 Å². The van der Waals surface area contributed by atoms with Crippen molar-refractivity contribution in [2.45, 2.75) is 20.0 Å². The van der Waals surface area contributed by atoms with Crippen LogP contribution in [0.25, 0.3) is 10.9 Å². The van der Waals surface area contributed by atoms with Crippen LogP contribution in [-0.4, -0.2) is 30.3 Å². The Labute approximate surface area is 117 Å². The largest absolute Gasteiger partial charge is 0.462 e. The number of pyridine rings is 1. The number of aromatic nitrogens is 1. The fourth-order valence-corrected chi connectivity index (χ4v) is 2.00. The second-order valence-electron chi connectivity index (χ2n) is 4.57. The molecule has 106 valence electrons. The predicted molar refractivity (Wildman–Crippen MR) is 76.6 cm³/mol. The first-order chi connectivity index (χ1) is 9.63. The van der Waals surface area contributed by atoms with Crippen molar-refractivity contribution in [2.75, 3.05) is 18.5 Å². The standard InChI is InChI=1S/C15H18N2O3/c1-3-20-15(19)12-9-16-13-7-5-4-6-11(13)14(12)17-8-10(2)18/h4-7,9-10,18H,3,8H2,1-2H3,(H,16,17)/p+1/t10-/m0/s1. The van der Waals surface area contributed by atoms with Gasteiger partial charge in [-0.1, -0.05) is 12.1 Å². The molecular formula is C15H19N2O3+. The zero-order chi connectivity index (χ0) is 14.5. The number of carbonyl (C=O) groups excluding carboxylic acids is 1. The van der Waals surface area contributed by atoms with Crippen LogP contribution in [0, 0.1) is 0 Å². The molecule has 0 fully saturated rings. The molecule has 0 saturated heterocycles. The van der Waals surface area contributed by atoms with E-state index >= 15 is 0 Å². The van der Waals surface area contributed by atoms with Gasteiger partial charge < -0.3 is 15.2 Å². The van der Waals surface area contributed by atoms with Crippen molar-refractivity contribution < 1.29 is 19.6 Å². The summed E-state index contributed by atoms with van der Waals surface area (Å²) in [7, 11) is 0. The first-order valence-electron chi connectivity index (χ1n) is 6.66. The molecule has 1 aromatic heterocycles. The van der Waals surface area contributed by atoms with Crippen LogP contribution in [0.2, 0.25) is 0 Å². The zero-order valence-electron chi connectivity index (χ0n) is 11.6. The van der Waals surface area contributed by atoms with Gasteiger partial charge in [-0.05, 0) is 19.9 Å². The topological polar surface area (TPSA) is 72.7 Å². The monoisotopic (exact) mass is 275 g/mol. The molecule has 1 heterocycles. The second kappa shape index (κ2) is 6.34. The lowest BCUT2D eigenvalue weighted by atomic mass is 10.1. The van der Waals surface area contributed by atoms with Crippen molar-refractivity contribution in [3.8, 4) is 0 Å². The van der Waals surface area contributed by atoms with Gasteiger partial charge in [-0.25, -0.2) is 9.78 Å². The van der Waals surface area contributed by atoms with Gasteiger partial charge in [0.25, 0.3) is 0 Å². The molecular weight excluding hydrogens is 256 g/mol. The number of para-hydroxylation sites is 1. The number of aliphatic hydroxyl groups is 1. The lowest BCUT2D eigenvalue weighted by Gasteiger charge is -2.12. The maximum absolute atomic E-state index is 12.0. The van der Waals surface area contributed by atoms with E-state index in [-0.39, 0.29) is 5.97 Å². The number of ether oxygens (including phenoxy) is 1. The molecule has 0 unspecified atom stereocenters. The maximum Gasteiger partial charge on any atom is 0.346 e. The predicted octanol–water partition coefficient (Wildman–Crippen LogP) is 1.62. The summed E-state index contributed by atoms with van der Waals surface area (Å²) >= 11 is 0. The summed E-state index contributed by atoms with van der Waals surface area (Å²) < 4.78 is 5.06. The number of benzene rings is 1. The van der Waals surface area contributed by atoms with Crippen molar-refractivity contribution in [3.63, 3.8) is 0 Å². The van der Waals surface area contributed by atoms with E-state index in [1.807, 2.05) is 24.3 Å². The summed E-state index contributed by atoms with van der Waals surface area (Å²) in [4.78, 5) is 15.1. The highest BCUT2D eigenvalue weighted by Crippen LogP contribution is 2.24. The lowest BCUT2D eigenvalue weighted by Crippen LogP contribution is -2.20. The number of aliphatic hydroxyl groups excluding tert-OH is 1. The van der Waals surface area contributed by atoms with Crippen LogP contribution in [0.3, 0.4) is 0 Å². The molecule has 0 bridgehead atoms. The second-order valence-corrected chi connectivity index (χ2v) is 4.57. The van der Waals surface area contributed by atoms with Crippen molar-refractivity contribution in [1.29, 1.82) is 0 Å². The molecule has 1 atom stereocenters. The van der Waals surface area contributed by atoms with Crippen LogP contribution in [-0.2, 0) is 4.74 Å². The van der Waals surface area contributed by atoms with Crippen molar-refractivity contribution in [2.24, 2.45) is 0 Å². The first kappa shape index (κ1) is 14.3. The normalized spacial score (nSPS) is 12.2. The molecule has 0 radical (unpaired) electrons. The van der Waals surface area contributed by atoms with Gasteiger partial charge >= 0.3 is 5.97 Å². The van der Waals surface area contributed by atoms with Crippen LogP contribution in [0.5, 0.6) is 0 Å². The fraction of sp³-hybridized carbons (Fsp3) is 0.333. The van der Waals surface area contributed by atoms with E-state index < -0.39 is 6.10 Å². The summed E-state index contributed by atoms with van der Waals surface area (Å²) in [6, 6.07) is 7.66. The van der Waals surface area contributed by atoms with Gasteiger partial charge in [0, 0.05) is 12.6 Å². The summed E-state index contributed by atoms with van der Waals surface area (Å²) in [5.41, 5.74) is 2.03. The van der Waals surface area contributed by atoms with Crippen LogP contribution in [0.15, 0.2) is 30.5 Å². The van der Waals surface area contributed by atoms with E-state index in [1.165, 1.54) is 0 Å². The third-order valence-corrected chi connectivity index (χ3v) is 2.91. The minimum atomic E-state index is -0.506. The van der Waals surface area contributed by atoms with Gasteiger partial charge in [0.2, 0.25) is 5.52 Å². The number of carbonyl (C=O) groups is 1. The Hall–Kier alpha value is -2.14. The zero-order valence-corrected chi connectivity index (χ0v) is 11.6. The number of fused-ring (bicyclic) bond motifs is 1. The number of esters is 1. The SMILES string of the molecule is CCOC(=O)c1c[nH+]c2ccccc2c1NC[C@H](C)O. The molecule has 0 aliphatic rings. The number of aromatic amines is 1. The van der Waals surface area contributed by atoms with Crippen molar-refractivity contribution >= 4 is 22.6 Å². The van der Waals surface area contributed by atoms with E-state index in [0.717, 1.165) is 10.9 Å². The average Bonchev–Trinajstić information content (AvgIpc) is 2.44. The lowest BCUT2D eigenvalue weighted by molar-refractivity contribution is -0.344. The molecule has 3 N–H and O–H groups in total. The van der Waals surface area contributed by atoms with Gasteiger partial charge in [-0.3, -0.25) is 0 Å². The summed E-state index contributed by atoms with van der Waals surface area (Å²) in [5.74, 6) is -0.386. The van der Waals surface area contributed by atoms with Gasteiger partial charge in [-0.15, -0.1) is 0 Å². The van der Waals surface area contributed by atoms with E-state index in [9.17, 15) is 9.90 Å². The van der Waals surface area contributed by atoms with Crippen LogP contribution in [0.4, 0.5) is 5.69 Å². The van der Waals surface area contributed by atoms with E-state index in [0.29, 0.717) is 24.4 Å². The molecule has 5 nitrogen and oxygen atoms in total. The minimum absolute atomic E-state index is 0.321. The Morgan fingerprint density at radius 2 is 2.20 bits per heavy atom. The van der Waals surface area contributed by atoms with Crippen molar-refractivity contribution in [1.82, 2.24) is 0 Å². The molecule has 0 spiro atoms. The van der Waals surface area contributed by atoms with Gasteiger partial charge in [0.1, 0.15) is 5.56 Å². The molecule has 0 aliphatic heterocycles. The molecule has 2 rings (SSSR count). The third-order valence-electron chi connectivity index (χ3n) is 2.91. The van der Waals surface area contributed by atoms with E-state index in [1.54, 1.807) is 20.0 Å². The molecule has 0 aliphatic carbocycles. The quantitative estimate of drug-likeness (QED) is 0.813. The van der Waals surface area contributed by atoms with Crippen LogP contribution < -0.4 is 10.3 Å². The number of H-pyrrole nitrogens is 1. The van der Waals surface area contributed by atoms with Gasteiger partial charge in [-0.2, -0.15) is 0 Å². The first-order valence-corrected chi connectivity index (χ1v) is 6.66. The Bertz CT molecular complexity index is 611. The number of hydrogen-bond acceptors (Lipinski definition) is 4. The average molecular weight is 275 g/mol. The number of anilines is 1. The number of hydrogen-bond donors (Lipinski definition) is 2. The highest BCUT2D eigenvalue weighted by atomic mass is 16.5. The maximum atomic E-state index is 12.0. The summed E-state index contributed by atoms with van der Waals surface area (Å²) in [6.45, 7) is 4.14. The minimum Gasteiger partial charge on any atom is -0.462 e. The molecule has 20 heavy (non-hydrogen) atoms. The molecule has 0 saturated carbocycles. The van der Waals surface area contributed by atoms with Crippen LogP contribution >= 0.6 is 0 Å². The fourth-order valence-electron chi connectivity index (χ4n) is 2.00. The Morgan fingerprint density at radius 3 is 2.90 bits per heavy atom. The smallest absolute Gasteiger partial charge is 0.346 e. The van der Waals surface area contributed by atoms with Crippen LogP contribution in [0.1, 0.15) is 24.2 Å². The number of rotatable bonds is 5. The Morgan fingerprint density at radius 1 is 1.45 bits per heavy atom. The summed E-state index contributed by atoms with van der Waals surface area (Å²) in [5, 5.41) is 13.4. The Balaban J connectivity index is 2.49. The van der Waals surface area contributed by atoms with Gasteiger partial charge in [0.15, 0.2) is 6.20 Å². The van der Waals surface area contributed by atoms with E-state index in [4.69, 9.17) is 4.74 Å². The van der Waals surface area contributed by atoms with E-state index in [2.05, 4.69) is 10.3 Å². The Kier molecular flexibility index (Phi) is 4.53. The molecule has 0 amide bonds.